The van der Waals surface area contributed by atoms with Gasteiger partial charge in [0.05, 0.1) is 5.69 Å². The highest BCUT2D eigenvalue weighted by molar-refractivity contribution is 6.45. The van der Waals surface area contributed by atoms with E-state index in [0.717, 1.165) is 11.3 Å². The number of nitrogens with two attached hydrogens (primary N) is 1. The third kappa shape index (κ3) is 2.67. The minimum atomic E-state index is -0.398. The minimum absolute atomic E-state index is 0.153. The minimum Gasteiger partial charge on any atom is -0.382 e. The van der Waals surface area contributed by atoms with E-state index >= 15 is 0 Å². The lowest BCUT2D eigenvalue weighted by atomic mass is 10.1. The van der Waals surface area contributed by atoms with Crippen LogP contribution in [0.4, 0.5) is 16.2 Å². The molecule has 0 radical (unpaired) electrons. The Bertz CT molecular complexity index is 644. The molecule has 8 heteroatoms. The van der Waals surface area contributed by atoms with Crippen LogP contribution < -0.4 is 16.5 Å². The van der Waals surface area contributed by atoms with Gasteiger partial charge in [-0.15, -0.1) is 0 Å². The second-order valence-electron chi connectivity index (χ2n) is 4.26. The number of nitrogens with zero attached hydrogens (tertiary/aromatic N) is 3. The van der Waals surface area contributed by atoms with Gasteiger partial charge in [0.2, 0.25) is 5.71 Å². The Labute approximate surface area is 115 Å². The van der Waals surface area contributed by atoms with Gasteiger partial charge in [-0.25, -0.2) is 4.79 Å². The molecule has 8 nitrogen and oxygen atoms in total. The first-order valence-corrected chi connectivity index (χ1v) is 5.74. The number of carbonyl (C=O) groups is 1. The number of fused-ring (bicyclic) bond motifs is 1. The van der Waals surface area contributed by atoms with Gasteiger partial charge in [0.1, 0.15) is 6.07 Å². The molecule has 102 valence electrons. The Balaban J connectivity index is 2.21. The first-order chi connectivity index (χ1) is 9.51. The molecule has 1 aliphatic heterocycles. The van der Waals surface area contributed by atoms with Gasteiger partial charge >= 0.3 is 6.03 Å². The van der Waals surface area contributed by atoms with Crippen LogP contribution in [0.15, 0.2) is 23.3 Å². The zero-order valence-electron chi connectivity index (χ0n) is 10.8. The van der Waals surface area contributed by atoms with Crippen molar-refractivity contribution in [3.05, 3.63) is 23.8 Å². The molecule has 2 amide bonds. The average Bonchev–Trinajstić information content (AvgIpc) is 2.40. The maximum absolute atomic E-state index is 11.5. The molecule has 0 fully saturated rings. The van der Waals surface area contributed by atoms with Gasteiger partial charge in [-0.3, -0.25) is 10.8 Å². The van der Waals surface area contributed by atoms with E-state index in [0.29, 0.717) is 12.2 Å². The van der Waals surface area contributed by atoms with Crippen molar-refractivity contribution in [3.63, 3.8) is 0 Å². The number of nitrogens with one attached hydrogen (secondary N) is 3. The van der Waals surface area contributed by atoms with Crippen LogP contribution in [0.2, 0.25) is 0 Å². The summed E-state index contributed by atoms with van der Waals surface area (Å²) in [4.78, 5) is 13.0. The van der Waals surface area contributed by atoms with Crippen molar-refractivity contribution in [2.24, 2.45) is 10.8 Å². The molecule has 5 N–H and O–H groups in total. The fraction of sp³-hybridized carbons (Fsp3) is 0.167. The second-order valence-corrected chi connectivity index (χ2v) is 4.26. The number of nitriles is 1. The monoisotopic (exact) mass is 271 g/mol. The van der Waals surface area contributed by atoms with Gasteiger partial charge < -0.3 is 16.0 Å². The fourth-order valence-corrected chi connectivity index (χ4v) is 1.72. The number of carbonyl (C=O) groups excluding carboxylic acids is 1. The highest BCUT2D eigenvalue weighted by Crippen LogP contribution is 2.25. The number of hydrogen-bond acceptors (Lipinski definition) is 5. The number of amidine groups is 1. The van der Waals surface area contributed by atoms with Crippen LogP contribution in [0, 0.1) is 16.7 Å². The molecular formula is C12H13N7O. The largest absolute Gasteiger partial charge is 0.382 e. The maximum atomic E-state index is 11.5. The van der Waals surface area contributed by atoms with E-state index in [1.807, 2.05) is 6.07 Å². The number of urea groups is 1. The summed E-state index contributed by atoms with van der Waals surface area (Å²) < 4.78 is 0. The third-order valence-electron chi connectivity index (χ3n) is 2.76. The zero-order valence-corrected chi connectivity index (χ0v) is 10.8. The molecule has 1 heterocycles. The second kappa shape index (κ2) is 5.27. The van der Waals surface area contributed by atoms with Crippen LogP contribution in [0.3, 0.4) is 0 Å². The lowest BCUT2D eigenvalue weighted by Gasteiger charge is -2.26. The lowest BCUT2D eigenvalue weighted by molar-refractivity contribution is 0.218. The SMILES string of the molecule is CN1Cc2cc(N/N=C(\C#N)C(=N)N)ccc2NC1=O. The Morgan fingerprint density at radius 2 is 2.40 bits per heavy atom. The number of anilines is 2. The molecule has 0 saturated carbocycles. The molecule has 0 unspecified atom stereocenters. The van der Waals surface area contributed by atoms with Gasteiger partial charge in [0, 0.05) is 19.3 Å². The van der Waals surface area contributed by atoms with Crippen molar-refractivity contribution in [1.82, 2.24) is 4.90 Å². The predicted octanol–water partition coefficient (Wildman–Crippen LogP) is 0.891. The molecule has 0 saturated heterocycles. The summed E-state index contributed by atoms with van der Waals surface area (Å²) >= 11 is 0. The van der Waals surface area contributed by atoms with Crippen molar-refractivity contribution >= 4 is 29.0 Å². The molecule has 2 rings (SSSR count). The molecule has 1 aliphatic rings. The van der Waals surface area contributed by atoms with Crippen molar-refractivity contribution in [3.8, 4) is 6.07 Å². The lowest BCUT2D eigenvalue weighted by Crippen LogP contribution is -2.35. The summed E-state index contributed by atoms with van der Waals surface area (Å²) in [5.41, 5.74) is 9.98. The van der Waals surface area contributed by atoms with E-state index < -0.39 is 5.84 Å². The average molecular weight is 271 g/mol. The third-order valence-corrected chi connectivity index (χ3v) is 2.76. The molecule has 0 spiro atoms. The van der Waals surface area contributed by atoms with E-state index in [4.69, 9.17) is 16.4 Å². The summed E-state index contributed by atoms with van der Waals surface area (Å²) in [7, 11) is 1.69. The van der Waals surface area contributed by atoms with Crippen LogP contribution >= 0.6 is 0 Å². The van der Waals surface area contributed by atoms with Gasteiger partial charge in [0.15, 0.2) is 5.84 Å². The Kier molecular flexibility index (Phi) is 3.52. The van der Waals surface area contributed by atoms with Crippen LogP contribution in [0.5, 0.6) is 0 Å². The molecule has 0 bridgehead atoms. The standard InChI is InChI=1S/C12H13N7O/c1-19-6-7-4-8(2-3-9(7)16-12(19)20)17-18-10(5-13)11(14)15/h2-4,17H,6H2,1H3,(H3,14,15)(H,16,20)/b18-10+. The summed E-state index contributed by atoms with van der Waals surface area (Å²) in [5, 5.41) is 22.4. The predicted molar refractivity (Wildman–Crippen MR) is 75.5 cm³/mol. The highest BCUT2D eigenvalue weighted by Gasteiger charge is 2.19. The number of rotatable bonds is 3. The van der Waals surface area contributed by atoms with Crippen molar-refractivity contribution in [2.45, 2.75) is 6.54 Å². The summed E-state index contributed by atoms with van der Waals surface area (Å²) in [6.07, 6.45) is 0. The van der Waals surface area contributed by atoms with Crippen LogP contribution in [0.25, 0.3) is 0 Å². The molecule has 20 heavy (non-hydrogen) atoms. The van der Waals surface area contributed by atoms with Gasteiger partial charge in [-0.05, 0) is 23.8 Å². The fourth-order valence-electron chi connectivity index (χ4n) is 1.72. The smallest absolute Gasteiger partial charge is 0.321 e. The van der Waals surface area contributed by atoms with E-state index in [9.17, 15) is 4.79 Å². The van der Waals surface area contributed by atoms with Crippen molar-refractivity contribution in [1.29, 1.82) is 10.7 Å². The van der Waals surface area contributed by atoms with Gasteiger partial charge in [-0.2, -0.15) is 10.4 Å². The van der Waals surface area contributed by atoms with Crippen LogP contribution in [-0.2, 0) is 6.54 Å². The van der Waals surface area contributed by atoms with E-state index in [2.05, 4.69) is 15.8 Å². The van der Waals surface area contributed by atoms with Gasteiger partial charge in [0.25, 0.3) is 0 Å². The molecule has 0 atom stereocenters. The molecule has 0 aromatic heterocycles. The van der Waals surface area contributed by atoms with E-state index in [1.165, 1.54) is 0 Å². The Hall–Kier alpha value is -3.08. The van der Waals surface area contributed by atoms with Crippen molar-refractivity contribution in [2.75, 3.05) is 17.8 Å². The first kappa shape index (κ1) is 13.4. The highest BCUT2D eigenvalue weighted by atomic mass is 16.2. The van der Waals surface area contributed by atoms with Crippen LogP contribution in [-0.4, -0.2) is 29.5 Å². The quantitative estimate of drug-likeness (QED) is 0.369. The summed E-state index contributed by atoms with van der Waals surface area (Å²) in [6.45, 7) is 0.484. The molecular weight excluding hydrogens is 258 g/mol. The maximum Gasteiger partial charge on any atom is 0.321 e. The topological polar surface area (TPSA) is 130 Å². The Morgan fingerprint density at radius 1 is 1.65 bits per heavy atom. The van der Waals surface area contributed by atoms with Gasteiger partial charge in [-0.1, -0.05) is 0 Å². The summed E-state index contributed by atoms with van der Waals surface area (Å²) in [5.74, 6) is -0.398. The first-order valence-electron chi connectivity index (χ1n) is 5.74. The molecule has 1 aromatic carbocycles. The van der Waals surface area contributed by atoms with E-state index in [-0.39, 0.29) is 11.7 Å². The zero-order chi connectivity index (χ0) is 14.7. The summed E-state index contributed by atoms with van der Waals surface area (Å²) in [6, 6.07) is 6.84. The molecule has 1 aromatic rings. The number of hydrazone groups is 1. The van der Waals surface area contributed by atoms with E-state index in [1.54, 1.807) is 30.1 Å². The Morgan fingerprint density at radius 3 is 3.05 bits per heavy atom. The van der Waals surface area contributed by atoms with Crippen LogP contribution in [0.1, 0.15) is 5.56 Å². The number of hydrogen-bond donors (Lipinski definition) is 4. The number of amides is 2. The number of benzene rings is 1. The van der Waals surface area contributed by atoms with Crippen molar-refractivity contribution < 1.29 is 4.79 Å². The normalized spacial score (nSPS) is 14.1. The molecule has 0 aliphatic carbocycles.